The van der Waals surface area contributed by atoms with Crippen LogP contribution in [0.15, 0.2) is 36.5 Å². The predicted octanol–water partition coefficient (Wildman–Crippen LogP) is 3.78. The molecule has 2 aromatic rings. The van der Waals surface area contributed by atoms with E-state index in [0.717, 1.165) is 31.0 Å². The van der Waals surface area contributed by atoms with Gasteiger partial charge in [0.1, 0.15) is 5.82 Å². The molecule has 0 unspecified atom stereocenters. The summed E-state index contributed by atoms with van der Waals surface area (Å²) in [6.45, 7) is 6.09. The first-order valence-electron chi connectivity index (χ1n) is 8.30. The van der Waals surface area contributed by atoms with Crippen LogP contribution in [0, 0.1) is 0 Å². The van der Waals surface area contributed by atoms with Gasteiger partial charge in [0.05, 0.1) is 6.20 Å². The summed E-state index contributed by atoms with van der Waals surface area (Å²) in [5, 5.41) is 7.14. The van der Waals surface area contributed by atoms with Crippen molar-refractivity contribution in [3.8, 4) is 0 Å². The Morgan fingerprint density at radius 2 is 1.91 bits per heavy atom. The second-order valence-electron chi connectivity index (χ2n) is 5.72. The van der Waals surface area contributed by atoms with Crippen LogP contribution in [-0.2, 0) is 6.54 Å². The molecule has 0 aliphatic rings. The number of hydrogen-bond acceptors (Lipinski definition) is 3. The van der Waals surface area contributed by atoms with Gasteiger partial charge in [-0.05, 0) is 37.1 Å². The molecule has 1 aromatic carbocycles. The van der Waals surface area contributed by atoms with Crippen LogP contribution in [0.4, 0.5) is 11.5 Å². The zero-order chi connectivity index (χ0) is 16.7. The van der Waals surface area contributed by atoms with Crippen molar-refractivity contribution >= 4 is 17.4 Å². The number of carbonyl (C=O) groups is 1. The quantitative estimate of drug-likeness (QED) is 0.806. The number of anilines is 2. The van der Waals surface area contributed by atoms with E-state index in [1.165, 1.54) is 12.8 Å². The van der Waals surface area contributed by atoms with Crippen molar-refractivity contribution in [2.24, 2.45) is 0 Å². The smallest absolute Gasteiger partial charge is 0.256 e. The molecule has 2 rings (SSSR count). The van der Waals surface area contributed by atoms with E-state index in [9.17, 15) is 4.79 Å². The Kier molecular flexibility index (Phi) is 6.20. The van der Waals surface area contributed by atoms with Crippen LogP contribution >= 0.6 is 0 Å². The van der Waals surface area contributed by atoms with Crippen LogP contribution in [0.2, 0.25) is 0 Å². The topological polar surface area (TPSA) is 50.2 Å². The maximum atomic E-state index is 12.4. The number of nitrogens with one attached hydrogen (secondary N) is 1. The fraction of sp³-hybridized carbons (Fsp3) is 0.444. The van der Waals surface area contributed by atoms with E-state index in [2.05, 4.69) is 36.2 Å². The highest BCUT2D eigenvalue weighted by atomic mass is 16.1. The average Bonchev–Trinajstić information content (AvgIpc) is 3.00. The Balaban J connectivity index is 2.01. The van der Waals surface area contributed by atoms with Crippen LogP contribution in [0.5, 0.6) is 0 Å². The van der Waals surface area contributed by atoms with Gasteiger partial charge in [-0.2, -0.15) is 5.10 Å². The minimum atomic E-state index is -0.106. The molecule has 5 nitrogen and oxygen atoms in total. The Bertz CT molecular complexity index is 618. The van der Waals surface area contributed by atoms with Crippen molar-refractivity contribution in [1.29, 1.82) is 0 Å². The van der Waals surface area contributed by atoms with Crippen LogP contribution in [0.25, 0.3) is 0 Å². The first-order chi connectivity index (χ1) is 11.2. The van der Waals surface area contributed by atoms with Gasteiger partial charge in [0.2, 0.25) is 0 Å². The summed E-state index contributed by atoms with van der Waals surface area (Å²) in [5.41, 5.74) is 1.79. The monoisotopic (exact) mass is 314 g/mol. The summed E-state index contributed by atoms with van der Waals surface area (Å²) in [6, 6.07) is 9.55. The lowest BCUT2D eigenvalue weighted by atomic mass is 10.2. The molecule has 0 radical (unpaired) electrons. The average molecular weight is 314 g/mol. The van der Waals surface area contributed by atoms with Gasteiger partial charge in [-0.15, -0.1) is 0 Å². The van der Waals surface area contributed by atoms with Crippen molar-refractivity contribution in [2.45, 2.75) is 39.7 Å². The molecule has 124 valence electrons. The van der Waals surface area contributed by atoms with E-state index < -0.39 is 0 Å². The Hall–Kier alpha value is -2.30. The number of unbranched alkanes of at least 4 members (excludes halogenated alkanes) is 1. The Morgan fingerprint density at radius 1 is 1.17 bits per heavy atom. The fourth-order valence-electron chi connectivity index (χ4n) is 2.41. The lowest BCUT2D eigenvalue weighted by Gasteiger charge is -2.19. The molecule has 1 aromatic heterocycles. The van der Waals surface area contributed by atoms with Gasteiger partial charge in [0.25, 0.3) is 5.91 Å². The van der Waals surface area contributed by atoms with Crippen molar-refractivity contribution in [1.82, 2.24) is 9.78 Å². The predicted molar refractivity (Wildman–Crippen MR) is 95.1 cm³/mol. The van der Waals surface area contributed by atoms with Crippen molar-refractivity contribution in [2.75, 3.05) is 23.8 Å². The second kappa shape index (κ2) is 8.36. The van der Waals surface area contributed by atoms with Crippen LogP contribution < -0.4 is 10.2 Å². The highest BCUT2D eigenvalue weighted by Crippen LogP contribution is 2.16. The lowest BCUT2D eigenvalue weighted by molar-refractivity contribution is 0.102. The van der Waals surface area contributed by atoms with Crippen molar-refractivity contribution in [3.05, 3.63) is 42.1 Å². The molecule has 1 amide bonds. The summed E-state index contributed by atoms with van der Waals surface area (Å²) in [5.74, 6) is 0.631. The molecule has 0 fully saturated rings. The Labute approximate surface area is 138 Å². The Morgan fingerprint density at radius 3 is 2.57 bits per heavy atom. The molecule has 0 atom stereocenters. The highest BCUT2D eigenvalue weighted by Gasteiger charge is 2.10. The van der Waals surface area contributed by atoms with Gasteiger partial charge >= 0.3 is 0 Å². The van der Waals surface area contributed by atoms with Gasteiger partial charge in [-0.25, -0.2) is 4.68 Å². The fourth-order valence-corrected chi connectivity index (χ4v) is 2.41. The van der Waals surface area contributed by atoms with Gasteiger partial charge in [-0.1, -0.05) is 20.3 Å². The minimum Gasteiger partial charge on any atom is -0.375 e. The largest absolute Gasteiger partial charge is 0.375 e. The van der Waals surface area contributed by atoms with E-state index in [0.29, 0.717) is 5.56 Å². The number of amides is 1. The summed E-state index contributed by atoms with van der Waals surface area (Å²) in [7, 11) is 2.08. The number of rotatable bonds is 8. The van der Waals surface area contributed by atoms with Crippen LogP contribution in [0.1, 0.15) is 43.5 Å². The van der Waals surface area contributed by atoms with E-state index in [1.54, 1.807) is 6.20 Å². The van der Waals surface area contributed by atoms with E-state index in [4.69, 9.17) is 0 Å². The minimum absolute atomic E-state index is 0.106. The molecule has 0 spiro atoms. The number of aryl methyl sites for hydroxylation is 1. The summed E-state index contributed by atoms with van der Waals surface area (Å²) in [4.78, 5) is 14.6. The summed E-state index contributed by atoms with van der Waals surface area (Å²) >= 11 is 0. The van der Waals surface area contributed by atoms with Gasteiger partial charge in [0.15, 0.2) is 0 Å². The first-order valence-corrected chi connectivity index (χ1v) is 8.30. The maximum absolute atomic E-state index is 12.4. The molecule has 23 heavy (non-hydrogen) atoms. The number of nitrogens with zero attached hydrogens (tertiary/aromatic N) is 3. The van der Waals surface area contributed by atoms with Gasteiger partial charge < -0.3 is 10.2 Å². The maximum Gasteiger partial charge on any atom is 0.256 e. The third-order valence-corrected chi connectivity index (χ3v) is 3.81. The van der Waals surface area contributed by atoms with E-state index in [1.807, 2.05) is 35.0 Å². The summed E-state index contributed by atoms with van der Waals surface area (Å²) < 4.78 is 1.81. The van der Waals surface area contributed by atoms with Crippen molar-refractivity contribution in [3.63, 3.8) is 0 Å². The SMILES string of the molecule is CCCCN(C)c1ccc(C(=O)Nc2ccnn2CCC)cc1. The molecule has 0 saturated heterocycles. The molecule has 0 aliphatic carbocycles. The molecule has 5 heteroatoms. The molecule has 0 aliphatic heterocycles. The molecular weight excluding hydrogens is 288 g/mol. The zero-order valence-electron chi connectivity index (χ0n) is 14.2. The molecule has 0 saturated carbocycles. The van der Waals surface area contributed by atoms with Gasteiger partial charge in [-0.3, -0.25) is 4.79 Å². The third kappa shape index (κ3) is 4.58. The second-order valence-corrected chi connectivity index (χ2v) is 5.72. The molecule has 1 heterocycles. The summed E-state index contributed by atoms with van der Waals surface area (Å²) in [6.07, 6.45) is 5.02. The number of hydrogen-bond donors (Lipinski definition) is 1. The zero-order valence-corrected chi connectivity index (χ0v) is 14.2. The third-order valence-electron chi connectivity index (χ3n) is 3.81. The molecular formula is C18H26N4O. The molecule has 1 N–H and O–H groups in total. The normalized spacial score (nSPS) is 10.6. The number of carbonyl (C=O) groups excluding carboxylic acids is 1. The van der Waals surface area contributed by atoms with E-state index in [-0.39, 0.29) is 5.91 Å². The van der Waals surface area contributed by atoms with E-state index >= 15 is 0 Å². The first kappa shape index (κ1) is 17.1. The highest BCUT2D eigenvalue weighted by molar-refractivity contribution is 6.04. The van der Waals surface area contributed by atoms with Crippen LogP contribution in [-0.4, -0.2) is 29.3 Å². The number of benzene rings is 1. The standard InChI is InChI=1S/C18H26N4O/c1-4-6-14-21(3)16-9-7-15(8-10-16)18(23)20-17-11-12-19-22(17)13-5-2/h7-12H,4-6,13-14H2,1-3H3,(H,20,23). The van der Waals surface area contributed by atoms with Gasteiger partial charge in [0, 0.05) is 37.5 Å². The van der Waals surface area contributed by atoms with Crippen molar-refractivity contribution < 1.29 is 4.79 Å². The van der Waals surface area contributed by atoms with Crippen LogP contribution in [0.3, 0.4) is 0 Å². The molecule has 0 bridgehead atoms. The lowest BCUT2D eigenvalue weighted by Crippen LogP contribution is -2.19. The number of aromatic nitrogens is 2.